The van der Waals surface area contributed by atoms with Crippen molar-refractivity contribution >= 4 is 23.3 Å². The first-order valence-corrected chi connectivity index (χ1v) is 8.92. The predicted molar refractivity (Wildman–Crippen MR) is 97.3 cm³/mol. The standard InChI is InChI=1S/C18H25N3O5/c1-3-6-13(2)19-17(22)12-26-18(23)15-11-14(21(24)25)7-8-16(15)20-9-4-5-10-20/h7-8,11,13H,3-6,9-10,12H2,1-2H3,(H,19,22). The number of rotatable bonds is 8. The molecule has 1 saturated heterocycles. The van der Waals surface area contributed by atoms with E-state index in [4.69, 9.17) is 4.74 Å². The lowest BCUT2D eigenvalue weighted by Crippen LogP contribution is -2.35. The quantitative estimate of drug-likeness (QED) is 0.433. The molecule has 1 heterocycles. The second-order valence-corrected chi connectivity index (χ2v) is 6.49. The Bertz CT molecular complexity index is 671. The van der Waals surface area contributed by atoms with Crippen molar-refractivity contribution in [3.05, 3.63) is 33.9 Å². The van der Waals surface area contributed by atoms with Gasteiger partial charge in [-0.05, 0) is 32.3 Å². The third kappa shape index (κ3) is 5.18. The van der Waals surface area contributed by atoms with Crippen LogP contribution in [-0.4, -0.2) is 42.5 Å². The molecule has 0 bridgehead atoms. The average molecular weight is 363 g/mol. The van der Waals surface area contributed by atoms with Gasteiger partial charge in [-0.2, -0.15) is 0 Å². The molecule has 0 saturated carbocycles. The van der Waals surface area contributed by atoms with Gasteiger partial charge in [0.2, 0.25) is 0 Å². The molecule has 8 nitrogen and oxygen atoms in total. The average Bonchev–Trinajstić information content (AvgIpc) is 3.13. The van der Waals surface area contributed by atoms with Crippen LogP contribution >= 0.6 is 0 Å². The largest absolute Gasteiger partial charge is 0.452 e. The first-order chi connectivity index (χ1) is 12.4. The van der Waals surface area contributed by atoms with Crippen molar-refractivity contribution in [2.45, 2.75) is 45.6 Å². The number of ether oxygens (including phenoxy) is 1. The zero-order chi connectivity index (χ0) is 19.1. The van der Waals surface area contributed by atoms with Crippen LogP contribution < -0.4 is 10.2 Å². The fourth-order valence-electron chi connectivity index (χ4n) is 3.07. The number of nitrogens with one attached hydrogen (secondary N) is 1. The lowest BCUT2D eigenvalue weighted by Gasteiger charge is -2.20. The Morgan fingerprint density at radius 1 is 1.35 bits per heavy atom. The lowest BCUT2D eigenvalue weighted by molar-refractivity contribution is -0.384. The van der Waals surface area contributed by atoms with E-state index in [9.17, 15) is 19.7 Å². The number of anilines is 1. The highest BCUT2D eigenvalue weighted by molar-refractivity contribution is 5.97. The SMILES string of the molecule is CCCC(C)NC(=O)COC(=O)c1cc([N+](=O)[O-])ccc1N1CCCC1. The van der Waals surface area contributed by atoms with E-state index in [0.717, 1.165) is 38.8 Å². The van der Waals surface area contributed by atoms with Crippen molar-refractivity contribution in [2.24, 2.45) is 0 Å². The summed E-state index contributed by atoms with van der Waals surface area (Å²) in [6.07, 6.45) is 3.78. The summed E-state index contributed by atoms with van der Waals surface area (Å²) in [5.41, 5.74) is 0.550. The van der Waals surface area contributed by atoms with E-state index in [1.807, 2.05) is 18.7 Å². The number of nitro benzene ring substituents is 1. The van der Waals surface area contributed by atoms with Crippen LogP contribution in [0.4, 0.5) is 11.4 Å². The maximum atomic E-state index is 12.5. The molecule has 0 spiro atoms. The van der Waals surface area contributed by atoms with E-state index >= 15 is 0 Å². The fraction of sp³-hybridized carbons (Fsp3) is 0.556. The van der Waals surface area contributed by atoms with Gasteiger partial charge in [-0.15, -0.1) is 0 Å². The molecule has 142 valence electrons. The number of benzene rings is 1. The van der Waals surface area contributed by atoms with E-state index in [0.29, 0.717) is 5.69 Å². The number of hydrogen-bond donors (Lipinski definition) is 1. The Hall–Kier alpha value is -2.64. The molecule has 1 N–H and O–H groups in total. The molecule has 0 aromatic heterocycles. The topological polar surface area (TPSA) is 102 Å². The number of carbonyl (C=O) groups is 2. The minimum atomic E-state index is -0.728. The van der Waals surface area contributed by atoms with Gasteiger partial charge in [0.05, 0.1) is 16.2 Å². The van der Waals surface area contributed by atoms with Gasteiger partial charge >= 0.3 is 5.97 Å². The molecule has 8 heteroatoms. The Morgan fingerprint density at radius 3 is 2.65 bits per heavy atom. The first-order valence-electron chi connectivity index (χ1n) is 8.92. The van der Waals surface area contributed by atoms with Crippen molar-refractivity contribution in [3.8, 4) is 0 Å². The Labute approximate surface area is 152 Å². The van der Waals surface area contributed by atoms with E-state index < -0.39 is 17.5 Å². The van der Waals surface area contributed by atoms with E-state index in [1.165, 1.54) is 12.1 Å². The number of carbonyl (C=O) groups excluding carboxylic acids is 2. The maximum Gasteiger partial charge on any atom is 0.341 e. The second kappa shape index (κ2) is 9.17. The molecular weight excluding hydrogens is 338 g/mol. The van der Waals surface area contributed by atoms with Gasteiger partial charge in [0.1, 0.15) is 0 Å². The van der Waals surface area contributed by atoms with Crippen molar-refractivity contribution in [2.75, 3.05) is 24.6 Å². The van der Waals surface area contributed by atoms with Gasteiger partial charge in [-0.25, -0.2) is 4.79 Å². The van der Waals surface area contributed by atoms with Crippen molar-refractivity contribution < 1.29 is 19.2 Å². The second-order valence-electron chi connectivity index (χ2n) is 6.49. The summed E-state index contributed by atoms with van der Waals surface area (Å²) in [5.74, 6) is -1.11. The van der Waals surface area contributed by atoms with Gasteiger partial charge in [-0.1, -0.05) is 13.3 Å². The molecule has 26 heavy (non-hydrogen) atoms. The van der Waals surface area contributed by atoms with Gasteiger partial charge < -0.3 is 15.0 Å². The molecule has 1 unspecified atom stereocenters. The predicted octanol–water partition coefficient (Wildman–Crippen LogP) is 2.66. The first kappa shape index (κ1) is 19.7. The van der Waals surface area contributed by atoms with E-state index in [1.54, 1.807) is 6.07 Å². The Morgan fingerprint density at radius 2 is 2.04 bits per heavy atom. The number of amides is 1. The van der Waals surface area contributed by atoms with Gasteiger partial charge in [0.15, 0.2) is 6.61 Å². The molecule has 1 aromatic rings. The van der Waals surface area contributed by atoms with Crippen LogP contribution in [0.2, 0.25) is 0 Å². The number of hydrogen-bond acceptors (Lipinski definition) is 6. The van der Waals surface area contributed by atoms with Crippen molar-refractivity contribution in [1.29, 1.82) is 0 Å². The van der Waals surface area contributed by atoms with Crippen LogP contribution in [0.15, 0.2) is 18.2 Å². The summed E-state index contributed by atoms with van der Waals surface area (Å²) < 4.78 is 5.10. The number of nitrogens with zero attached hydrogens (tertiary/aromatic N) is 2. The normalized spacial score (nSPS) is 14.8. The fourth-order valence-corrected chi connectivity index (χ4v) is 3.07. The third-order valence-corrected chi connectivity index (χ3v) is 4.32. The molecule has 1 atom stereocenters. The van der Waals surface area contributed by atoms with Gasteiger partial charge in [0, 0.05) is 31.3 Å². The molecule has 2 rings (SSSR count). The van der Waals surface area contributed by atoms with Gasteiger partial charge in [-0.3, -0.25) is 14.9 Å². The van der Waals surface area contributed by atoms with E-state index in [2.05, 4.69) is 5.32 Å². The molecule has 1 aromatic carbocycles. The van der Waals surface area contributed by atoms with Crippen LogP contribution in [0.1, 0.15) is 49.9 Å². The molecule has 1 amide bonds. The minimum absolute atomic E-state index is 0.00387. The highest BCUT2D eigenvalue weighted by atomic mass is 16.6. The molecule has 1 aliphatic rings. The van der Waals surface area contributed by atoms with Crippen LogP contribution in [0.25, 0.3) is 0 Å². The molecule has 1 aliphatic heterocycles. The minimum Gasteiger partial charge on any atom is -0.452 e. The summed E-state index contributed by atoms with van der Waals surface area (Å²) in [5, 5.41) is 13.8. The highest BCUT2D eigenvalue weighted by Gasteiger charge is 2.24. The van der Waals surface area contributed by atoms with Crippen LogP contribution in [-0.2, 0) is 9.53 Å². The summed E-state index contributed by atoms with van der Waals surface area (Å²) in [4.78, 5) is 36.8. The zero-order valence-corrected chi connectivity index (χ0v) is 15.2. The lowest BCUT2D eigenvalue weighted by atomic mass is 10.1. The van der Waals surface area contributed by atoms with Crippen LogP contribution in [0.3, 0.4) is 0 Å². The monoisotopic (exact) mass is 363 g/mol. The van der Waals surface area contributed by atoms with Crippen LogP contribution in [0, 0.1) is 10.1 Å². The number of esters is 1. The molecule has 1 fully saturated rings. The number of nitro groups is 1. The van der Waals surface area contributed by atoms with E-state index in [-0.39, 0.29) is 23.2 Å². The summed E-state index contributed by atoms with van der Waals surface area (Å²) in [6.45, 7) is 5.06. The Balaban J connectivity index is 2.09. The third-order valence-electron chi connectivity index (χ3n) is 4.32. The summed E-state index contributed by atoms with van der Waals surface area (Å²) in [7, 11) is 0. The van der Waals surface area contributed by atoms with Crippen LogP contribution in [0.5, 0.6) is 0 Å². The zero-order valence-electron chi connectivity index (χ0n) is 15.2. The molecule has 0 radical (unpaired) electrons. The maximum absolute atomic E-state index is 12.5. The van der Waals surface area contributed by atoms with Gasteiger partial charge in [0.25, 0.3) is 11.6 Å². The molecular formula is C18H25N3O5. The summed E-state index contributed by atoms with van der Waals surface area (Å²) >= 11 is 0. The van der Waals surface area contributed by atoms with Crippen molar-refractivity contribution in [1.82, 2.24) is 5.32 Å². The summed E-state index contributed by atoms with van der Waals surface area (Å²) in [6, 6.07) is 4.17. The molecule has 0 aliphatic carbocycles. The highest BCUT2D eigenvalue weighted by Crippen LogP contribution is 2.28. The number of non-ortho nitro benzene ring substituents is 1. The Kier molecular flexibility index (Phi) is 6.94. The van der Waals surface area contributed by atoms with Crippen molar-refractivity contribution in [3.63, 3.8) is 0 Å². The smallest absolute Gasteiger partial charge is 0.341 e.